The lowest BCUT2D eigenvalue weighted by Crippen LogP contribution is -2.29. The molecule has 0 amide bonds. The van der Waals surface area contributed by atoms with Crippen molar-refractivity contribution in [1.29, 1.82) is 0 Å². The summed E-state index contributed by atoms with van der Waals surface area (Å²) in [6.45, 7) is 3.24. The number of hydrogen-bond acceptors (Lipinski definition) is 5. The predicted molar refractivity (Wildman–Crippen MR) is 72.0 cm³/mol. The molecule has 1 aromatic rings. The molecule has 0 aromatic heterocycles. The van der Waals surface area contributed by atoms with Crippen LogP contribution in [-0.4, -0.2) is 32.1 Å². The van der Waals surface area contributed by atoms with Crippen LogP contribution in [0.4, 0.5) is 5.69 Å². The number of ether oxygens (including phenoxy) is 1. The number of hydrogen-bond donors (Lipinski definition) is 3. The molecule has 0 bridgehead atoms. The number of anilines is 1. The van der Waals surface area contributed by atoms with Gasteiger partial charge in [0.05, 0.1) is 12.7 Å². The summed E-state index contributed by atoms with van der Waals surface area (Å²) < 4.78 is 34.2. The van der Waals surface area contributed by atoms with Gasteiger partial charge in [-0.1, -0.05) is 12.1 Å². The minimum absolute atomic E-state index is 0.245. The maximum absolute atomic E-state index is 10.9. The number of para-hydroxylation sites is 1. The molecule has 1 rings (SSSR count). The fourth-order valence-electron chi connectivity index (χ4n) is 1.09. The highest BCUT2D eigenvalue weighted by molar-refractivity contribution is 7.83. The van der Waals surface area contributed by atoms with Gasteiger partial charge in [-0.05, 0) is 26.0 Å². The van der Waals surface area contributed by atoms with Crippen molar-refractivity contribution in [2.24, 2.45) is 0 Å². The quantitative estimate of drug-likeness (QED) is 0.431. The summed E-state index contributed by atoms with van der Waals surface area (Å²) in [7, 11) is -2.65. The van der Waals surface area contributed by atoms with Gasteiger partial charge < -0.3 is 10.5 Å². The van der Waals surface area contributed by atoms with E-state index in [-0.39, 0.29) is 6.04 Å². The topological polar surface area (TPSA) is 119 Å². The fourth-order valence-corrected chi connectivity index (χ4v) is 1.69. The van der Waals surface area contributed by atoms with Gasteiger partial charge in [0.1, 0.15) is 0 Å². The average molecular weight is 290 g/mol. The van der Waals surface area contributed by atoms with Gasteiger partial charge in [-0.3, -0.25) is 4.55 Å². The molecule has 0 saturated carbocycles. The Morgan fingerprint density at radius 3 is 2.21 bits per heavy atom. The van der Waals surface area contributed by atoms with E-state index in [1.54, 1.807) is 38.1 Å². The van der Waals surface area contributed by atoms with E-state index in [2.05, 4.69) is 4.74 Å². The molecule has 0 unspecified atom stereocenters. The Labute approximate surface area is 112 Å². The Morgan fingerprint density at radius 2 is 1.89 bits per heavy atom. The number of nitrogen functional groups attached to an aromatic ring is 1. The molecule has 0 aliphatic rings. The number of methoxy groups -OCH3 is 1. The van der Waals surface area contributed by atoms with Crippen LogP contribution in [0, 0.1) is 0 Å². The SMILES string of the molecule is CC(C)NS(=O)(=O)O.COC(=O)c1ccccc1N. The molecule has 7 nitrogen and oxygen atoms in total. The highest BCUT2D eigenvalue weighted by Gasteiger charge is 2.06. The number of benzene rings is 1. The molecule has 0 aliphatic heterocycles. The Hall–Kier alpha value is -1.64. The average Bonchev–Trinajstić information content (AvgIpc) is 2.26. The first-order valence-electron chi connectivity index (χ1n) is 5.35. The van der Waals surface area contributed by atoms with Crippen molar-refractivity contribution in [2.45, 2.75) is 19.9 Å². The first-order chi connectivity index (χ1) is 8.67. The normalized spacial score (nSPS) is 10.6. The van der Waals surface area contributed by atoms with Crippen LogP contribution in [-0.2, 0) is 15.0 Å². The number of carbonyl (C=O) groups is 1. The van der Waals surface area contributed by atoms with Crippen LogP contribution in [0.1, 0.15) is 24.2 Å². The molecule has 0 saturated heterocycles. The van der Waals surface area contributed by atoms with Crippen LogP contribution >= 0.6 is 0 Å². The molecule has 0 aliphatic carbocycles. The monoisotopic (exact) mass is 290 g/mol. The lowest BCUT2D eigenvalue weighted by Gasteiger charge is -2.01. The third kappa shape index (κ3) is 8.14. The number of carbonyl (C=O) groups excluding carboxylic acids is 1. The molecule has 4 N–H and O–H groups in total. The minimum atomic E-state index is -3.97. The van der Waals surface area contributed by atoms with E-state index < -0.39 is 16.3 Å². The fraction of sp³-hybridized carbons (Fsp3) is 0.364. The maximum Gasteiger partial charge on any atom is 0.339 e. The first-order valence-corrected chi connectivity index (χ1v) is 6.79. The summed E-state index contributed by atoms with van der Waals surface area (Å²) in [5.41, 5.74) is 6.35. The number of rotatable bonds is 3. The van der Waals surface area contributed by atoms with Gasteiger partial charge in [0.15, 0.2) is 0 Å². The molecule has 0 fully saturated rings. The highest BCUT2D eigenvalue weighted by Crippen LogP contribution is 2.10. The minimum Gasteiger partial charge on any atom is -0.465 e. The predicted octanol–water partition coefficient (Wildman–Crippen LogP) is 0.843. The van der Waals surface area contributed by atoms with Crippen molar-refractivity contribution in [3.05, 3.63) is 29.8 Å². The van der Waals surface area contributed by atoms with Crippen molar-refractivity contribution < 1.29 is 22.5 Å². The summed E-state index contributed by atoms with van der Waals surface area (Å²) in [6.07, 6.45) is 0. The first kappa shape index (κ1) is 17.4. The molecule has 0 radical (unpaired) electrons. The third-order valence-electron chi connectivity index (χ3n) is 1.75. The summed E-state index contributed by atoms with van der Waals surface area (Å²) in [6, 6.07) is 6.54. The summed E-state index contributed by atoms with van der Waals surface area (Å²) in [5, 5.41) is 0. The number of nitrogens with two attached hydrogens (primary N) is 1. The van der Waals surface area contributed by atoms with Gasteiger partial charge in [0, 0.05) is 11.7 Å². The highest BCUT2D eigenvalue weighted by atomic mass is 32.2. The lowest BCUT2D eigenvalue weighted by atomic mass is 10.2. The van der Waals surface area contributed by atoms with Crippen molar-refractivity contribution in [3.8, 4) is 0 Å². The van der Waals surface area contributed by atoms with Gasteiger partial charge in [-0.2, -0.15) is 13.1 Å². The third-order valence-corrected chi connectivity index (χ3v) is 2.52. The van der Waals surface area contributed by atoms with Crippen LogP contribution in [0.3, 0.4) is 0 Å². The molecule has 0 spiro atoms. The van der Waals surface area contributed by atoms with Gasteiger partial charge in [0.25, 0.3) is 0 Å². The number of nitrogens with one attached hydrogen (secondary N) is 1. The molecule has 1 aromatic carbocycles. The van der Waals surface area contributed by atoms with Crippen molar-refractivity contribution in [1.82, 2.24) is 4.72 Å². The van der Waals surface area contributed by atoms with Crippen LogP contribution in [0.5, 0.6) is 0 Å². The standard InChI is InChI=1S/C8H9NO2.C3H9NO3S/c1-11-8(10)6-4-2-3-5-7(6)9;1-3(2)4-8(5,6)7/h2-5H,9H2,1H3;3-4H,1-2H3,(H,5,6,7). The zero-order valence-electron chi connectivity index (χ0n) is 11.0. The van der Waals surface area contributed by atoms with Gasteiger partial charge in [-0.15, -0.1) is 0 Å². The van der Waals surface area contributed by atoms with Crippen LogP contribution in [0.2, 0.25) is 0 Å². The van der Waals surface area contributed by atoms with Crippen molar-refractivity contribution >= 4 is 22.0 Å². The van der Waals surface area contributed by atoms with E-state index in [1.807, 2.05) is 4.72 Å². The second-order valence-electron chi connectivity index (χ2n) is 3.83. The smallest absolute Gasteiger partial charge is 0.339 e. The zero-order valence-corrected chi connectivity index (χ0v) is 11.8. The Kier molecular flexibility index (Phi) is 7.05. The molecule has 108 valence electrons. The largest absolute Gasteiger partial charge is 0.465 e. The van der Waals surface area contributed by atoms with Crippen LogP contribution in [0.25, 0.3) is 0 Å². The maximum atomic E-state index is 10.9. The molecular formula is C11H18N2O5S. The summed E-state index contributed by atoms with van der Waals surface area (Å²) >= 11 is 0. The molecule has 19 heavy (non-hydrogen) atoms. The Morgan fingerprint density at radius 1 is 1.37 bits per heavy atom. The van der Waals surface area contributed by atoms with Gasteiger partial charge in [0.2, 0.25) is 0 Å². The van der Waals surface area contributed by atoms with E-state index in [9.17, 15) is 13.2 Å². The van der Waals surface area contributed by atoms with E-state index in [4.69, 9.17) is 10.3 Å². The van der Waals surface area contributed by atoms with Gasteiger partial charge in [-0.25, -0.2) is 4.79 Å². The van der Waals surface area contributed by atoms with Crippen LogP contribution < -0.4 is 10.5 Å². The summed E-state index contributed by atoms with van der Waals surface area (Å²) in [5.74, 6) is -0.400. The molecule has 0 heterocycles. The summed E-state index contributed by atoms with van der Waals surface area (Å²) in [4.78, 5) is 10.9. The molecule has 8 heteroatoms. The van der Waals surface area contributed by atoms with E-state index in [0.29, 0.717) is 11.3 Å². The van der Waals surface area contributed by atoms with Crippen molar-refractivity contribution in [3.63, 3.8) is 0 Å². The Balaban J connectivity index is 0.000000362. The van der Waals surface area contributed by atoms with Crippen molar-refractivity contribution in [2.75, 3.05) is 12.8 Å². The second-order valence-corrected chi connectivity index (χ2v) is 5.01. The molecular weight excluding hydrogens is 272 g/mol. The van der Waals surface area contributed by atoms with E-state index >= 15 is 0 Å². The van der Waals surface area contributed by atoms with E-state index in [0.717, 1.165) is 0 Å². The number of esters is 1. The second kappa shape index (κ2) is 7.72. The van der Waals surface area contributed by atoms with Gasteiger partial charge >= 0.3 is 16.3 Å². The Bertz CT molecular complexity index is 514. The zero-order chi connectivity index (χ0) is 15.1. The van der Waals surface area contributed by atoms with E-state index in [1.165, 1.54) is 7.11 Å². The molecule has 0 atom stereocenters. The lowest BCUT2D eigenvalue weighted by molar-refractivity contribution is 0.0602. The van der Waals surface area contributed by atoms with Crippen LogP contribution in [0.15, 0.2) is 24.3 Å².